The van der Waals surface area contributed by atoms with Crippen molar-refractivity contribution in [2.45, 2.75) is 43.0 Å². The van der Waals surface area contributed by atoms with Crippen molar-refractivity contribution in [1.29, 1.82) is 0 Å². The molecule has 126 valence electrons. The summed E-state index contributed by atoms with van der Waals surface area (Å²) in [5.74, 6) is 0.198. The third-order valence-electron chi connectivity index (χ3n) is 5.45. The van der Waals surface area contributed by atoms with Gasteiger partial charge in [-0.1, -0.05) is 18.0 Å². The van der Waals surface area contributed by atoms with E-state index >= 15 is 0 Å². The molecule has 0 radical (unpaired) electrons. The van der Waals surface area contributed by atoms with Crippen LogP contribution in [-0.4, -0.2) is 28.5 Å². The lowest BCUT2D eigenvalue weighted by atomic mass is 9.64. The van der Waals surface area contributed by atoms with E-state index in [1.807, 2.05) is 0 Å². The number of halogens is 1. The van der Waals surface area contributed by atoms with Gasteiger partial charge in [-0.3, -0.25) is 9.00 Å². The molecule has 2 aliphatic carbocycles. The highest BCUT2D eigenvalue weighted by Crippen LogP contribution is 2.54. The van der Waals surface area contributed by atoms with Gasteiger partial charge >= 0.3 is 0 Å². The second-order valence-corrected chi connectivity index (χ2v) is 8.63. The van der Waals surface area contributed by atoms with Gasteiger partial charge in [0.15, 0.2) is 0 Å². The van der Waals surface area contributed by atoms with E-state index in [1.54, 1.807) is 24.3 Å². The highest BCUT2D eigenvalue weighted by molar-refractivity contribution is 7.85. The molecule has 3 rings (SSSR count). The number of hydrogen-bond acceptors (Lipinski definition) is 3. The zero-order valence-corrected chi connectivity index (χ0v) is 14.7. The summed E-state index contributed by atoms with van der Waals surface area (Å²) in [5.41, 5.74) is 6.13. The van der Waals surface area contributed by atoms with Crippen LogP contribution >= 0.6 is 11.6 Å². The first-order valence-electron chi connectivity index (χ1n) is 8.17. The van der Waals surface area contributed by atoms with Crippen LogP contribution in [0.15, 0.2) is 29.2 Å². The van der Waals surface area contributed by atoms with Gasteiger partial charge in [0.05, 0.1) is 10.8 Å². The van der Waals surface area contributed by atoms with Gasteiger partial charge in [0.25, 0.3) is 0 Å². The molecule has 0 saturated heterocycles. The lowest BCUT2D eigenvalue weighted by molar-refractivity contribution is -0.121. The Labute approximate surface area is 144 Å². The van der Waals surface area contributed by atoms with Crippen molar-refractivity contribution in [1.82, 2.24) is 5.32 Å². The predicted molar refractivity (Wildman–Crippen MR) is 92.7 cm³/mol. The van der Waals surface area contributed by atoms with E-state index in [1.165, 1.54) is 19.3 Å². The van der Waals surface area contributed by atoms with Crippen molar-refractivity contribution in [2.24, 2.45) is 17.1 Å². The molecule has 1 aromatic rings. The van der Waals surface area contributed by atoms with Crippen molar-refractivity contribution in [2.75, 3.05) is 12.3 Å². The Hall–Kier alpha value is -0.910. The van der Waals surface area contributed by atoms with Crippen molar-refractivity contribution < 1.29 is 9.00 Å². The van der Waals surface area contributed by atoms with Gasteiger partial charge in [0.2, 0.25) is 5.91 Å². The Morgan fingerprint density at radius 2 is 2.00 bits per heavy atom. The molecular weight excluding hydrogens is 332 g/mol. The number of nitrogens with one attached hydrogen (secondary N) is 1. The van der Waals surface area contributed by atoms with Gasteiger partial charge in [-0.2, -0.15) is 0 Å². The zero-order valence-electron chi connectivity index (χ0n) is 13.1. The highest BCUT2D eigenvalue weighted by atomic mass is 35.5. The maximum atomic E-state index is 12.4. The SMILES string of the molecule is NCC1CCC2(CCC2)C1NC(=O)CS(=O)c1ccc(Cl)cc1. The third-order valence-corrected chi connectivity index (χ3v) is 7.03. The third kappa shape index (κ3) is 3.47. The molecule has 23 heavy (non-hydrogen) atoms. The summed E-state index contributed by atoms with van der Waals surface area (Å²) in [6.45, 7) is 0.604. The second kappa shape index (κ2) is 6.91. The Morgan fingerprint density at radius 3 is 2.57 bits per heavy atom. The van der Waals surface area contributed by atoms with Crippen LogP contribution in [0.25, 0.3) is 0 Å². The minimum Gasteiger partial charge on any atom is -0.352 e. The molecule has 1 amide bonds. The minimum absolute atomic E-state index is 0.00843. The molecule has 0 aromatic heterocycles. The molecule has 3 atom stereocenters. The predicted octanol–water partition coefficient (Wildman–Crippen LogP) is 2.47. The molecule has 3 unspecified atom stereocenters. The van der Waals surface area contributed by atoms with Crippen LogP contribution in [0.2, 0.25) is 5.02 Å². The number of nitrogens with two attached hydrogens (primary N) is 1. The minimum atomic E-state index is -1.35. The van der Waals surface area contributed by atoms with Gasteiger partial charge in [-0.25, -0.2) is 0 Å². The molecule has 6 heteroatoms. The monoisotopic (exact) mass is 354 g/mol. The fraction of sp³-hybridized carbons (Fsp3) is 0.588. The first-order chi connectivity index (χ1) is 11.0. The zero-order chi connectivity index (χ0) is 16.4. The number of hydrogen-bond donors (Lipinski definition) is 2. The van der Waals surface area contributed by atoms with Gasteiger partial charge in [-0.05, 0) is 67.8 Å². The molecule has 2 fully saturated rings. The molecule has 1 aromatic carbocycles. The van der Waals surface area contributed by atoms with Crippen molar-refractivity contribution in [3.8, 4) is 0 Å². The average molecular weight is 355 g/mol. The van der Waals surface area contributed by atoms with Crippen LogP contribution in [-0.2, 0) is 15.6 Å². The van der Waals surface area contributed by atoms with Crippen LogP contribution in [0.3, 0.4) is 0 Å². The smallest absolute Gasteiger partial charge is 0.233 e. The summed E-state index contributed by atoms with van der Waals surface area (Å²) in [6.07, 6.45) is 5.83. The Morgan fingerprint density at radius 1 is 1.30 bits per heavy atom. The Bertz CT molecular complexity index is 601. The molecule has 0 heterocycles. The quantitative estimate of drug-likeness (QED) is 0.853. The standard InChI is InChI=1S/C17H23ClN2O2S/c18-13-2-4-14(5-3-13)23(22)11-15(21)20-16-12(10-19)6-9-17(16)7-1-8-17/h2-5,12,16H,1,6-11,19H2,(H,20,21). The fourth-order valence-electron chi connectivity index (χ4n) is 4.02. The Kier molecular flexibility index (Phi) is 5.09. The summed E-state index contributed by atoms with van der Waals surface area (Å²) in [4.78, 5) is 13.0. The largest absolute Gasteiger partial charge is 0.352 e. The van der Waals surface area contributed by atoms with Gasteiger partial charge in [0, 0.05) is 16.0 Å². The number of amides is 1. The maximum absolute atomic E-state index is 12.4. The topological polar surface area (TPSA) is 72.2 Å². The normalized spacial score (nSPS) is 26.7. The number of carbonyl (C=O) groups excluding carboxylic acids is 1. The van der Waals surface area contributed by atoms with Crippen LogP contribution in [0, 0.1) is 11.3 Å². The summed E-state index contributed by atoms with van der Waals surface area (Å²) < 4.78 is 12.3. The number of carbonyl (C=O) groups is 1. The van der Waals surface area contributed by atoms with Gasteiger partial charge < -0.3 is 11.1 Å². The second-order valence-electron chi connectivity index (χ2n) is 6.74. The van der Waals surface area contributed by atoms with E-state index in [2.05, 4.69) is 5.32 Å². The van der Waals surface area contributed by atoms with Gasteiger partial charge in [0.1, 0.15) is 5.75 Å². The molecule has 3 N–H and O–H groups in total. The molecule has 0 aliphatic heterocycles. The van der Waals surface area contributed by atoms with E-state index in [4.69, 9.17) is 17.3 Å². The van der Waals surface area contributed by atoms with E-state index < -0.39 is 10.8 Å². The van der Waals surface area contributed by atoms with Crippen LogP contribution in [0.5, 0.6) is 0 Å². The average Bonchev–Trinajstić information content (AvgIpc) is 2.86. The number of benzene rings is 1. The van der Waals surface area contributed by atoms with Crippen LogP contribution in [0.4, 0.5) is 0 Å². The summed E-state index contributed by atoms with van der Waals surface area (Å²) in [5, 5.41) is 3.74. The lowest BCUT2D eigenvalue weighted by Crippen LogP contribution is -2.52. The van der Waals surface area contributed by atoms with Crippen molar-refractivity contribution in [3.63, 3.8) is 0 Å². The molecule has 2 aliphatic rings. The molecule has 2 saturated carbocycles. The molecule has 1 spiro atoms. The molecular formula is C17H23ClN2O2S. The first kappa shape index (κ1) is 16.9. The lowest BCUT2D eigenvalue weighted by Gasteiger charge is -2.45. The first-order valence-corrected chi connectivity index (χ1v) is 9.87. The fourth-order valence-corrected chi connectivity index (χ4v) is 5.07. The van der Waals surface area contributed by atoms with E-state index in [0.717, 1.165) is 12.8 Å². The van der Waals surface area contributed by atoms with E-state index in [-0.39, 0.29) is 23.1 Å². The van der Waals surface area contributed by atoms with Crippen molar-refractivity contribution in [3.05, 3.63) is 29.3 Å². The Balaban J connectivity index is 1.62. The maximum Gasteiger partial charge on any atom is 0.233 e. The summed E-state index contributed by atoms with van der Waals surface area (Å²) >= 11 is 5.83. The highest BCUT2D eigenvalue weighted by Gasteiger charge is 2.51. The van der Waals surface area contributed by atoms with Crippen molar-refractivity contribution >= 4 is 28.3 Å². The van der Waals surface area contributed by atoms with Crippen LogP contribution < -0.4 is 11.1 Å². The van der Waals surface area contributed by atoms with Gasteiger partial charge in [-0.15, -0.1) is 0 Å². The van der Waals surface area contributed by atoms with E-state index in [0.29, 0.717) is 22.4 Å². The van der Waals surface area contributed by atoms with Crippen LogP contribution in [0.1, 0.15) is 32.1 Å². The molecule has 0 bridgehead atoms. The number of rotatable bonds is 5. The van der Waals surface area contributed by atoms with E-state index in [9.17, 15) is 9.00 Å². The summed E-state index contributed by atoms with van der Waals surface area (Å²) in [7, 11) is -1.35. The molecule has 4 nitrogen and oxygen atoms in total. The summed E-state index contributed by atoms with van der Waals surface area (Å²) in [6, 6.07) is 6.94.